The van der Waals surface area contributed by atoms with Gasteiger partial charge in [-0.15, -0.1) is 0 Å². The average Bonchev–Trinajstić information content (AvgIpc) is 2.95. The van der Waals surface area contributed by atoms with Gasteiger partial charge < -0.3 is 10.5 Å². The molecule has 1 aromatic carbocycles. The van der Waals surface area contributed by atoms with Gasteiger partial charge in [0, 0.05) is 35.8 Å². The molecule has 23 heavy (non-hydrogen) atoms. The Bertz CT molecular complexity index is 1000. The second-order valence-electron chi connectivity index (χ2n) is 5.02. The lowest BCUT2D eigenvalue weighted by Crippen LogP contribution is -2.33. The average molecular weight is 418 g/mol. The van der Waals surface area contributed by atoms with E-state index < -0.39 is 0 Å². The Kier molecular flexibility index (Phi) is 3.45. The highest BCUT2D eigenvalue weighted by Crippen LogP contribution is 2.19. The summed E-state index contributed by atoms with van der Waals surface area (Å²) in [5.74, 6) is 0. The molecule has 0 spiro atoms. The van der Waals surface area contributed by atoms with Gasteiger partial charge in [0.05, 0.1) is 9.77 Å². The standard InChI is InChI=1S/C15H11IN6O/c16-12-9-19-21-14-6-11(18-8-10-2-1-5-17-7-10)3-4-13(14)22(23)20-15(12)21/h1-7,9,18H,8H2. The van der Waals surface area contributed by atoms with Crippen molar-refractivity contribution in [2.75, 3.05) is 5.32 Å². The van der Waals surface area contributed by atoms with Crippen molar-refractivity contribution in [3.05, 3.63) is 63.3 Å². The van der Waals surface area contributed by atoms with Gasteiger partial charge in [0.2, 0.25) is 5.65 Å². The fourth-order valence-corrected chi connectivity index (χ4v) is 2.86. The molecule has 0 radical (unpaired) electrons. The highest BCUT2D eigenvalue weighted by Gasteiger charge is 2.15. The maximum atomic E-state index is 12.1. The SMILES string of the molecule is [O-][n+]1nc2c(I)cnn2c2cc(NCc3cccnc3)ccc21. The number of aromatic nitrogens is 5. The van der Waals surface area contributed by atoms with Crippen molar-refractivity contribution < 1.29 is 4.85 Å². The third-order valence-corrected chi connectivity index (χ3v) is 4.28. The Balaban J connectivity index is 1.76. The van der Waals surface area contributed by atoms with Gasteiger partial charge in [-0.3, -0.25) is 4.98 Å². The van der Waals surface area contributed by atoms with Gasteiger partial charge in [-0.05, 0) is 51.2 Å². The van der Waals surface area contributed by atoms with Crippen LogP contribution in [0.5, 0.6) is 0 Å². The number of nitrogens with one attached hydrogen (secondary N) is 1. The first-order valence-corrected chi connectivity index (χ1v) is 8.00. The second-order valence-corrected chi connectivity index (χ2v) is 6.18. The van der Waals surface area contributed by atoms with Crippen LogP contribution in [-0.4, -0.2) is 19.7 Å². The molecule has 4 aromatic rings. The van der Waals surface area contributed by atoms with Gasteiger partial charge in [-0.2, -0.15) is 5.10 Å². The molecule has 0 aliphatic carbocycles. The minimum atomic E-state index is 0.476. The monoisotopic (exact) mass is 418 g/mol. The van der Waals surface area contributed by atoms with E-state index in [1.54, 1.807) is 23.0 Å². The minimum absolute atomic E-state index is 0.476. The van der Waals surface area contributed by atoms with E-state index in [4.69, 9.17) is 0 Å². The van der Waals surface area contributed by atoms with Gasteiger partial charge in [0.25, 0.3) is 5.52 Å². The molecule has 0 atom stereocenters. The molecule has 8 heteroatoms. The van der Waals surface area contributed by atoms with Crippen LogP contribution in [0.1, 0.15) is 5.56 Å². The van der Waals surface area contributed by atoms with E-state index in [0.29, 0.717) is 28.1 Å². The normalized spacial score (nSPS) is 11.2. The smallest absolute Gasteiger partial charge is 0.270 e. The second kappa shape index (κ2) is 5.61. The van der Waals surface area contributed by atoms with E-state index in [1.165, 1.54) is 0 Å². The third kappa shape index (κ3) is 2.54. The zero-order chi connectivity index (χ0) is 15.8. The van der Waals surface area contributed by atoms with Crippen LogP contribution in [0, 0.1) is 8.78 Å². The first kappa shape index (κ1) is 14.1. The van der Waals surface area contributed by atoms with Gasteiger partial charge in [0.1, 0.15) is 5.52 Å². The molecule has 0 amide bonds. The van der Waals surface area contributed by atoms with Gasteiger partial charge in [-0.1, -0.05) is 6.07 Å². The Morgan fingerprint density at radius 2 is 2.17 bits per heavy atom. The zero-order valence-electron chi connectivity index (χ0n) is 11.8. The molecule has 7 nitrogen and oxygen atoms in total. The number of halogens is 1. The molecule has 3 aromatic heterocycles. The lowest BCUT2D eigenvalue weighted by molar-refractivity contribution is -0.640. The van der Waals surface area contributed by atoms with Gasteiger partial charge >= 0.3 is 0 Å². The van der Waals surface area contributed by atoms with E-state index in [0.717, 1.165) is 14.8 Å². The van der Waals surface area contributed by atoms with E-state index >= 15 is 0 Å². The number of rotatable bonds is 3. The number of nitrogens with zero attached hydrogens (tertiary/aromatic N) is 5. The van der Waals surface area contributed by atoms with Crippen molar-refractivity contribution >= 4 is 45.0 Å². The number of fused-ring (bicyclic) bond motifs is 3. The Morgan fingerprint density at radius 3 is 3.00 bits per heavy atom. The summed E-state index contributed by atoms with van der Waals surface area (Å²) in [6, 6.07) is 9.41. The fourth-order valence-electron chi connectivity index (χ4n) is 2.40. The Labute approximate surface area is 144 Å². The largest absolute Gasteiger partial charge is 0.594 e. The van der Waals surface area contributed by atoms with Crippen LogP contribution in [0.4, 0.5) is 5.69 Å². The summed E-state index contributed by atoms with van der Waals surface area (Å²) in [5.41, 5.74) is 3.73. The first-order chi connectivity index (χ1) is 11.2. The molecular weight excluding hydrogens is 407 g/mol. The van der Waals surface area contributed by atoms with E-state index in [1.807, 2.05) is 30.5 Å². The lowest BCUT2D eigenvalue weighted by Gasteiger charge is -2.08. The van der Waals surface area contributed by atoms with Crippen molar-refractivity contribution in [3.63, 3.8) is 0 Å². The number of pyridine rings is 1. The molecule has 0 saturated carbocycles. The summed E-state index contributed by atoms with van der Waals surface area (Å²) in [7, 11) is 0. The number of benzene rings is 1. The van der Waals surface area contributed by atoms with E-state index in [9.17, 15) is 5.21 Å². The summed E-state index contributed by atoms with van der Waals surface area (Å²) in [5, 5.41) is 23.7. The molecule has 0 saturated heterocycles. The Hall–Kier alpha value is -2.49. The van der Waals surface area contributed by atoms with Crippen LogP contribution in [0.2, 0.25) is 0 Å². The van der Waals surface area contributed by atoms with Crippen molar-refractivity contribution in [2.24, 2.45) is 0 Å². The molecule has 0 aliphatic rings. The molecule has 1 N–H and O–H groups in total. The van der Waals surface area contributed by atoms with Crippen LogP contribution in [0.15, 0.2) is 48.9 Å². The summed E-state index contributed by atoms with van der Waals surface area (Å²) in [4.78, 5) is 4.73. The van der Waals surface area contributed by atoms with Crippen molar-refractivity contribution in [2.45, 2.75) is 6.54 Å². The van der Waals surface area contributed by atoms with Crippen molar-refractivity contribution in [3.8, 4) is 0 Å². The number of anilines is 1. The highest BCUT2D eigenvalue weighted by atomic mass is 127. The van der Waals surface area contributed by atoms with Gasteiger partial charge in [0.15, 0.2) is 0 Å². The maximum Gasteiger partial charge on any atom is 0.270 e. The van der Waals surface area contributed by atoms with Crippen molar-refractivity contribution in [1.29, 1.82) is 0 Å². The predicted molar refractivity (Wildman–Crippen MR) is 93.7 cm³/mol. The van der Waals surface area contributed by atoms with Crippen molar-refractivity contribution in [1.82, 2.24) is 19.7 Å². The molecule has 114 valence electrons. The molecule has 0 fully saturated rings. The lowest BCUT2D eigenvalue weighted by atomic mass is 10.2. The highest BCUT2D eigenvalue weighted by molar-refractivity contribution is 14.1. The van der Waals surface area contributed by atoms with Crippen LogP contribution >= 0.6 is 22.6 Å². The number of hydrogen-bond acceptors (Lipinski definition) is 5. The van der Waals surface area contributed by atoms with Crippen LogP contribution in [0.25, 0.3) is 16.7 Å². The first-order valence-electron chi connectivity index (χ1n) is 6.92. The summed E-state index contributed by atoms with van der Waals surface area (Å²) in [6.07, 6.45) is 5.26. The molecular formula is C15H11IN6O. The summed E-state index contributed by atoms with van der Waals surface area (Å²) in [6.45, 7) is 0.654. The molecule has 0 unspecified atom stereocenters. The number of hydrogen-bond donors (Lipinski definition) is 1. The molecule has 0 aliphatic heterocycles. The molecule has 3 heterocycles. The van der Waals surface area contributed by atoms with Crippen LogP contribution < -0.4 is 10.2 Å². The fraction of sp³-hybridized carbons (Fsp3) is 0.0667. The van der Waals surface area contributed by atoms with E-state index in [-0.39, 0.29) is 0 Å². The molecule has 0 bridgehead atoms. The van der Waals surface area contributed by atoms with Gasteiger partial charge in [-0.25, -0.2) is 4.52 Å². The minimum Gasteiger partial charge on any atom is -0.594 e. The van der Waals surface area contributed by atoms with E-state index in [2.05, 4.69) is 43.1 Å². The van der Waals surface area contributed by atoms with Crippen LogP contribution in [0.3, 0.4) is 0 Å². The topological polar surface area (TPSA) is 82.0 Å². The maximum absolute atomic E-state index is 12.1. The van der Waals surface area contributed by atoms with Crippen LogP contribution in [-0.2, 0) is 6.54 Å². The zero-order valence-corrected chi connectivity index (χ0v) is 14.0. The third-order valence-electron chi connectivity index (χ3n) is 3.52. The molecule has 4 rings (SSSR count). The summed E-state index contributed by atoms with van der Waals surface area (Å²) < 4.78 is 2.52. The quantitative estimate of drug-likeness (QED) is 0.313. The predicted octanol–water partition coefficient (Wildman–Crippen LogP) is 2.13. The summed E-state index contributed by atoms with van der Waals surface area (Å²) >= 11 is 2.12. The Morgan fingerprint density at radius 1 is 1.26 bits per heavy atom.